The molecule has 1 unspecified atom stereocenters. The second kappa shape index (κ2) is 13.2. The number of carbonyl (C=O) groups excluding carboxylic acids is 2. The molecule has 3 fully saturated rings. The highest BCUT2D eigenvalue weighted by Crippen LogP contribution is 2.44. The summed E-state index contributed by atoms with van der Waals surface area (Å²) >= 11 is 1.30. The number of amides is 1. The molecule has 1 aromatic rings. The predicted octanol–water partition coefficient (Wildman–Crippen LogP) is 3.38. The van der Waals surface area contributed by atoms with Crippen LogP contribution in [0.15, 0.2) is 44.1 Å². The normalized spacial score (nSPS) is 31.8. The van der Waals surface area contributed by atoms with Gasteiger partial charge in [0.15, 0.2) is 24.0 Å². The van der Waals surface area contributed by atoms with Gasteiger partial charge in [0.25, 0.3) is 0 Å². The quantitative estimate of drug-likeness (QED) is 0.159. The third kappa shape index (κ3) is 7.39. The molecule has 1 N–H and O–H groups in total. The molecule has 5 rings (SSSR count). The van der Waals surface area contributed by atoms with E-state index in [1.165, 1.54) is 17.8 Å². The lowest BCUT2D eigenvalue weighted by atomic mass is 9.99. The van der Waals surface area contributed by atoms with Crippen molar-refractivity contribution < 1.29 is 47.3 Å². The highest BCUT2D eigenvalue weighted by molar-refractivity contribution is 8.16. The van der Waals surface area contributed by atoms with Gasteiger partial charge < -0.3 is 43.0 Å². The standard InChI is InChI=1S/C31H41N3O11S/c1-9-11-18(19-13-17(38-12-10-2)14-20(35)39-19)32-28(37)31(8)15-46-25(33-31)16(3)34-45-26(36)23-21-22(42-29(4,5)41-21)24-27(40-23)44-30(6,7)43-24/h10,13-14,18,21-24,27H,2,9,11-12,15H2,1,3-8H3,(H,32,37)/b34-16+/t18-,21-,22+,23+,24-,27-,31?/m1/s1. The molecule has 14 nitrogen and oxygen atoms in total. The molecule has 1 amide bonds. The summed E-state index contributed by atoms with van der Waals surface area (Å²) in [6.45, 7) is 16.1. The van der Waals surface area contributed by atoms with Gasteiger partial charge in [0.2, 0.25) is 5.91 Å². The van der Waals surface area contributed by atoms with Crippen LogP contribution in [0.3, 0.4) is 0 Å². The summed E-state index contributed by atoms with van der Waals surface area (Å²) in [5, 5.41) is 7.42. The van der Waals surface area contributed by atoms with Crippen LogP contribution in [0, 0.1) is 0 Å². The van der Waals surface area contributed by atoms with Crippen LogP contribution in [0.4, 0.5) is 0 Å². The number of hydrogen-bond acceptors (Lipinski definition) is 14. The second-order valence-corrected chi connectivity index (χ2v) is 13.5. The Balaban J connectivity index is 1.26. The smallest absolute Gasteiger partial charge is 0.366 e. The fourth-order valence-corrected chi connectivity index (χ4v) is 6.70. The van der Waals surface area contributed by atoms with Crippen molar-refractivity contribution in [2.24, 2.45) is 10.1 Å². The molecule has 3 saturated heterocycles. The molecule has 4 aliphatic rings. The molecule has 5 heterocycles. The highest BCUT2D eigenvalue weighted by atomic mass is 32.2. The van der Waals surface area contributed by atoms with Gasteiger partial charge >= 0.3 is 11.6 Å². The van der Waals surface area contributed by atoms with E-state index in [0.717, 1.165) is 0 Å². The zero-order valence-electron chi connectivity index (χ0n) is 27.0. The van der Waals surface area contributed by atoms with Gasteiger partial charge in [-0.25, -0.2) is 9.59 Å². The van der Waals surface area contributed by atoms with Crippen molar-refractivity contribution in [3.05, 3.63) is 41.0 Å². The molecule has 4 aliphatic heterocycles. The molecule has 252 valence electrons. The summed E-state index contributed by atoms with van der Waals surface area (Å²) in [5.41, 5.74) is -1.45. The Labute approximate surface area is 271 Å². The van der Waals surface area contributed by atoms with Crippen molar-refractivity contribution in [1.82, 2.24) is 5.32 Å². The molecule has 7 atom stereocenters. The number of aliphatic imine (C=N–C) groups is 1. The van der Waals surface area contributed by atoms with E-state index in [4.69, 9.17) is 37.7 Å². The molecule has 0 spiro atoms. The van der Waals surface area contributed by atoms with Crippen LogP contribution in [0.25, 0.3) is 0 Å². The molecule has 0 aromatic carbocycles. The van der Waals surface area contributed by atoms with Crippen molar-refractivity contribution in [2.45, 2.75) is 115 Å². The fourth-order valence-electron chi connectivity index (χ4n) is 5.58. The fraction of sp³-hybridized carbons (Fsp3) is 0.645. The first-order chi connectivity index (χ1) is 21.6. The van der Waals surface area contributed by atoms with Crippen LogP contribution in [0.5, 0.6) is 5.75 Å². The lowest BCUT2D eigenvalue weighted by Crippen LogP contribution is -2.57. The third-order valence-electron chi connectivity index (χ3n) is 7.65. The number of carbonyl (C=O) groups is 2. The number of hydrogen-bond donors (Lipinski definition) is 1. The first-order valence-electron chi connectivity index (χ1n) is 15.2. The SMILES string of the molecule is C=CCOc1cc([C@@H](CCC)NC(=O)C2(C)CSC(/C(C)=N/OC(=O)[C@H]3O[C@@H]4OC(C)(C)O[C@@H]4[C@H]4OC(C)(C)O[C@H]43)=N2)oc(=O)c1. The van der Waals surface area contributed by atoms with E-state index in [2.05, 4.69) is 22.0 Å². The number of fused-ring (bicyclic) bond motifs is 3. The van der Waals surface area contributed by atoms with Crippen LogP contribution in [-0.2, 0) is 38.1 Å². The van der Waals surface area contributed by atoms with E-state index in [9.17, 15) is 14.4 Å². The molecule has 0 radical (unpaired) electrons. The van der Waals surface area contributed by atoms with E-state index in [1.54, 1.807) is 53.7 Å². The maximum absolute atomic E-state index is 13.5. The Bertz CT molecular complexity index is 1470. The number of rotatable bonds is 11. The van der Waals surface area contributed by atoms with E-state index in [-0.39, 0.29) is 18.3 Å². The van der Waals surface area contributed by atoms with Gasteiger partial charge in [-0.1, -0.05) is 31.2 Å². The highest BCUT2D eigenvalue weighted by Gasteiger charge is 2.62. The zero-order chi connectivity index (χ0) is 33.4. The maximum atomic E-state index is 13.5. The second-order valence-electron chi connectivity index (χ2n) is 12.6. The van der Waals surface area contributed by atoms with Gasteiger partial charge in [-0.05, 0) is 48.0 Å². The Morgan fingerprint density at radius 1 is 1.13 bits per heavy atom. The average Bonchev–Trinajstić information content (AvgIpc) is 3.64. The van der Waals surface area contributed by atoms with Crippen molar-refractivity contribution >= 4 is 34.4 Å². The third-order valence-corrected chi connectivity index (χ3v) is 9.02. The van der Waals surface area contributed by atoms with Gasteiger partial charge in [-0.2, -0.15) is 0 Å². The average molecular weight is 664 g/mol. The topological polar surface area (TPSA) is 166 Å². The summed E-state index contributed by atoms with van der Waals surface area (Å²) in [7, 11) is 0. The summed E-state index contributed by atoms with van der Waals surface area (Å²) in [6, 6.07) is 2.24. The summed E-state index contributed by atoms with van der Waals surface area (Å²) in [6.07, 6.45) is -1.29. The van der Waals surface area contributed by atoms with Crippen molar-refractivity contribution in [2.75, 3.05) is 12.4 Å². The van der Waals surface area contributed by atoms with Crippen molar-refractivity contribution in [3.8, 4) is 5.75 Å². The van der Waals surface area contributed by atoms with Crippen LogP contribution >= 0.6 is 11.8 Å². The minimum Gasteiger partial charge on any atom is -0.489 e. The van der Waals surface area contributed by atoms with Crippen LogP contribution in [0.2, 0.25) is 0 Å². The first kappa shape index (κ1) is 34.3. The number of ether oxygens (including phenoxy) is 6. The van der Waals surface area contributed by atoms with Crippen molar-refractivity contribution in [3.63, 3.8) is 0 Å². The molecule has 0 aliphatic carbocycles. The minimum absolute atomic E-state index is 0.217. The minimum atomic E-state index is -1.19. The van der Waals surface area contributed by atoms with E-state index >= 15 is 0 Å². The summed E-state index contributed by atoms with van der Waals surface area (Å²) in [4.78, 5) is 48.9. The Morgan fingerprint density at radius 3 is 2.54 bits per heavy atom. The van der Waals surface area contributed by atoms with Gasteiger partial charge in [-0.15, -0.1) is 11.8 Å². The number of nitrogens with one attached hydrogen (secondary N) is 1. The monoisotopic (exact) mass is 663 g/mol. The van der Waals surface area contributed by atoms with Crippen molar-refractivity contribution in [1.29, 1.82) is 0 Å². The number of oxime groups is 1. The predicted molar refractivity (Wildman–Crippen MR) is 166 cm³/mol. The molecule has 15 heteroatoms. The Hall–Kier alpha value is -3.08. The van der Waals surface area contributed by atoms with E-state index in [0.29, 0.717) is 35.1 Å². The molecular weight excluding hydrogens is 622 g/mol. The van der Waals surface area contributed by atoms with E-state index < -0.39 is 65.5 Å². The van der Waals surface area contributed by atoms with Crippen LogP contribution < -0.4 is 15.7 Å². The number of thioether (sulfide) groups is 1. The maximum Gasteiger partial charge on any atom is 0.366 e. The lowest BCUT2D eigenvalue weighted by Gasteiger charge is -2.35. The largest absolute Gasteiger partial charge is 0.489 e. The Morgan fingerprint density at radius 2 is 1.83 bits per heavy atom. The lowest BCUT2D eigenvalue weighted by molar-refractivity contribution is -0.239. The van der Waals surface area contributed by atoms with Gasteiger partial charge in [0.1, 0.15) is 52.7 Å². The summed E-state index contributed by atoms with van der Waals surface area (Å²) in [5.74, 6) is -2.16. The molecule has 1 aromatic heterocycles. The molecular formula is C31H41N3O11S. The molecule has 46 heavy (non-hydrogen) atoms. The van der Waals surface area contributed by atoms with Gasteiger partial charge in [0, 0.05) is 11.8 Å². The first-order valence-corrected chi connectivity index (χ1v) is 16.2. The van der Waals surface area contributed by atoms with E-state index in [1.807, 2.05) is 6.92 Å². The molecule has 0 saturated carbocycles. The Kier molecular flexibility index (Phi) is 9.83. The van der Waals surface area contributed by atoms with Gasteiger partial charge in [-0.3, -0.25) is 9.79 Å². The van der Waals surface area contributed by atoms with Gasteiger partial charge in [0.05, 0.1) is 12.1 Å². The zero-order valence-corrected chi connectivity index (χ0v) is 27.8. The summed E-state index contributed by atoms with van der Waals surface area (Å²) < 4.78 is 40.7. The van der Waals surface area contributed by atoms with Crippen LogP contribution in [0.1, 0.15) is 73.1 Å². The van der Waals surface area contributed by atoms with Crippen LogP contribution in [-0.4, -0.2) is 82.8 Å². The number of nitrogens with zero attached hydrogens (tertiary/aromatic N) is 2. The molecule has 0 bridgehead atoms.